The van der Waals surface area contributed by atoms with Gasteiger partial charge in [-0.05, 0) is 49.7 Å². The molecule has 0 radical (unpaired) electrons. The van der Waals surface area contributed by atoms with Gasteiger partial charge in [0.25, 0.3) is 10.1 Å². The van der Waals surface area contributed by atoms with Crippen molar-refractivity contribution in [3.05, 3.63) is 91.0 Å². The normalized spacial score (nSPS) is 12.3. The molecule has 3 aromatic rings. The Balaban J connectivity index is 0.000000464. The van der Waals surface area contributed by atoms with E-state index in [1.165, 1.54) is 158 Å². The first-order valence-electron chi connectivity index (χ1n) is 24.4. The van der Waals surface area contributed by atoms with Crippen LogP contribution in [0.3, 0.4) is 0 Å². The molecule has 0 aliphatic rings. The van der Waals surface area contributed by atoms with Crippen LogP contribution in [-0.2, 0) is 14.3 Å². The summed E-state index contributed by atoms with van der Waals surface area (Å²) in [7, 11) is -4.79. The van der Waals surface area contributed by atoms with Crippen molar-refractivity contribution in [1.29, 1.82) is 0 Å². The summed E-state index contributed by atoms with van der Waals surface area (Å²) in [6, 6.07) is 30.7. The van der Waals surface area contributed by atoms with Crippen LogP contribution in [0.1, 0.15) is 176 Å². The molecule has 3 aromatic carbocycles. The van der Waals surface area contributed by atoms with Crippen molar-refractivity contribution in [2.75, 3.05) is 37.9 Å². The Morgan fingerprint density at radius 2 is 0.847 bits per heavy atom. The Morgan fingerprint density at radius 1 is 0.492 bits per heavy atom. The van der Waals surface area contributed by atoms with Gasteiger partial charge < -0.3 is 0 Å². The van der Waals surface area contributed by atoms with Gasteiger partial charge in [0, 0.05) is 0 Å². The molecule has 0 amide bonds. The summed E-state index contributed by atoms with van der Waals surface area (Å²) in [5.74, 6) is 1.77. The molecule has 0 unspecified atom stereocenters. The molecule has 0 saturated heterocycles. The molecule has 0 atom stereocenters. The second-order valence-electron chi connectivity index (χ2n) is 18.6. The molecule has 0 spiro atoms. The third-order valence-corrected chi connectivity index (χ3v) is 20.7. The van der Waals surface area contributed by atoms with Gasteiger partial charge in [0.2, 0.25) is 0 Å². The van der Waals surface area contributed by atoms with Crippen LogP contribution in [0.5, 0.6) is 0 Å². The smallest absolute Gasteiger partial charge is 0.266 e. The van der Waals surface area contributed by atoms with Crippen LogP contribution in [-0.4, -0.2) is 46.3 Å². The van der Waals surface area contributed by atoms with Gasteiger partial charge in [0.1, 0.15) is 0 Å². The predicted octanol–water partition coefficient (Wildman–Crippen LogP) is 15.8. The zero-order valence-corrected chi connectivity index (χ0v) is 41.7. The summed E-state index contributed by atoms with van der Waals surface area (Å²) in [5.41, 5.74) is 0. The molecule has 3 rings (SSSR count). The van der Waals surface area contributed by atoms with Gasteiger partial charge in [0.15, 0.2) is 0 Å². The Hall–Kier alpha value is -1.57. The van der Waals surface area contributed by atoms with E-state index >= 15 is 0 Å². The molecule has 0 aliphatic carbocycles. The van der Waals surface area contributed by atoms with Crippen molar-refractivity contribution in [2.45, 2.75) is 181 Å². The number of rotatable bonds is 34. The quantitative estimate of drug-likeness (QED) is 0.0341. The van der Waals surface area contributed by atoms with Crippen molar-refractivity contribution in [1.82, 2.24) is 0 Å². The second kappa shape index (κ2) is 34.0. The molecule has 336 valence electrons. The predicted molar refractivity (Wildman–Crippen MR) is 269 cm³/mol. The van der Waals surface area contributed by atoms with E-state index in [-0.39, 0.29) is 19.4 Å². The van der Waals surface area contributed by atoms with Crippen molar-refractivity contribution in [2.24, 2.45) is 11.8 Å². The van der Waals surface area contributed by atoms with Crippen LogP contribution in [0.4, 0.5) is 0 Å². The minimum absolute atomic E-state index is 0.203. The third kappa shape index (κ3) is 27.2. The first kappa shape index (κ1) is 53.6. The molecule has 0 heterocycles. The molecule has 3 nitrogen and oxygen atoms in total. The average molecular weight is 869 g/mol. The number of hydrogen-bond donors (Lipinski definition) is 0. The van der Waals surface area contributed by atoms with Crippen LogP contribution in [0.2, 0.25) is 0 Å². The van der Waals surface area contributed by atoms with Crippen LogP contribution >= 0.6 is 15.2 Å². The molecule has 0 saturated carbocycles. The molecular formula is C53H90O3P2S. The van der Waals surface area contributed by atoms with Crippen LogP contribution in [0.15, 0.2) is 95.9 Å². The van der Waals surface area contributed by atoms with E-state index < -0.39 is 17.4 Å². The van der Waals surface area contributed by atoms with E-state index in [0.717, 1.165) is 24.7 Å². The molecule has 6 heteroatoms. The molecule has 59 heavy (non-hydrogen) atoms. The van der Waals surface area contributed by atoms with Crippen molar-refractivity contribution < 1.29 is 12.6 Å². The summed E-state index contributed by atoms with van der Waals surface area (Å²) in [6.45, 7) is 14.9. The Kier molecular flexibility index (Phi) is 30.9. The molecule has 0 bridgehead atoms. The standard InChI is InChI=1S/C35H60P2.C18H30O3S/c1-32(2)30-37(5,31-33(3)4)29-23-15-13-11-9-7-6-8-10-12-14-22-28-36(34-24-18-16-19-25-34)35-26-20-17-21-27-35;1-2-3-4-5-6-7-8-9-10-14-17-21-22(19,20)18-15-12-11-13-16-18/h16-21,24-27,32-33,37H,6-15,22-23,28-31H2,1-5H3;11-13,15-16H,2-10,14,17H2,1H3. The van der Waals surface area contributed by atoms with Gasteiger partial charge >= 0.3 is 143 Å². The van der Waals surface area contributed by atoms with E-state index in [9.17, 15) is 8.42 Å². The molecular weight excluding hydrogens is 779 g/mol. The average Bonchev–Trinajstić information content (AvgIpc) is 3.22. The SMILES string of the molecule is CC(C)C[PH](C)(CCCCCCCCCCCCCCP(c1ccccc1)c1ccccc1)CC(C)C.CCCCCCCCCCCCOS(=O)(=O)c1ccccc1. The Bertz CT molecular complexity index is 1430. The van der Waals surface area contributed by atoms with Gasteiger partial charge in [-0.25, -0.2) is 0 Å². The van der Waals surface area contributed by atoms with Gasteiger partial charge in [-0.2, -0.15) is 8.42 Å². The topological polar surface area (TPSA) is 43.4 Å². The van der Waals surface area contributed by atoms with E-state index in [1.807, 2.05) is 0 Å². The first-order valence-corrected chi connectivity index (χ1v) is 30.4. The number of benzene rings is 3. The fourth-order valence-corrected chi connectivity index (χ4v) is 17.9. The van der Waals surface area contributed by atoms with Gasteiger partial charge in [-0.15, -0.1) is 0 Å². The van der Waals surface area contributed by atoms with Crippen LogP contribution in [0.25, 0.3) is 0 Å². The fourth-order valence-electron chi connectivity index (χ4n) is 8.88. The maximum absolute atomic E-state index is 11.9. The largest absolute Gasteiger partial charge is 0.296 e. The number of hydrogen-bond acceptors (Lipinski definition) is 3. The van der Waals surface area contributed by atoms with Crippen LogP contribution in [0, 0.1) is 11.8 Å². The maximum atomic E-state index is 11.9. The summed E-state index contributed by atoms with van der Waals surface area (Å²) < 4.78 is 28.8. The van der Waals surface area contributed by atoms with Gasteiger partial charge in [0.05, 0.1) is 11.5 Å². The minimum atomic E-state index is -3.57. The fraction of sp³-hybridized carbons (Fsp3) is 0.660. The summed E-state index contributed by atoms with van der Waals surface area (Å²) >= 11 is 0. The van der Waals surface area contributed by atoms with Gasteiger partial charge in [-0.3, -0.25) is 4.18 Å². The van der Waals surface area contributed by atoms with E-state index in [2.05, 4.69) is 102 Å². The van der Waals surface area contributed by atoms with E-state index in [4.69, 9.17) is 4.18 Å². The van der Waals surface area contributed by atoms with Crippen molar-refractivity contribution in [3.63, 3.8) is 0 Å². The van der Waals surface area contributed by atoms with Crippen molar-refractivity contribution in [3.8, 4) is 0 Å². The molecule has 0 fully saturated rings. The van der Waals surface area contributed by atoms with Crippen molar-refractivity contribution >= 4 is 35.9 Å². The summed E-state index contributed by atoms with van der Waals surface area (Å²) in [6.07, 6.45) is 35.6. The number of unbranched alkanes of at least 4 members (excludes halogenated alkanes) is 20. The van der Waals surface area contributed by atoms with Gasteiger partial charge in [-0.1, -0.05) is 144 Å². The third-order valence-electron chi connectivity index (χ3n) is 11.6. The maximum Gasteiger partial charge on any atom is 0.296 e. The first-order chi connectivity index (χ1) is 28.6. The zero-order valence-electron chi connectivity index (χ0n) is 39.0. The Labute approximate surface area is 368 Å². The van der Waals surface area contributed by atoms with E-state index in [1.54, 1.807) is 36.5 Å². The van der Waals surface area contributed by atoms with Crippen LogP contribution < -0.4 is 10.6 Å². The summed E-state index contributed by atoms with van der Waals surface area (Å²) in [5, 5.41) is 3.07. The summed E-state index contributed by atoms with van der Waals surface area (Å²) in [4.78, 5) is 0.238. The Morgan fingerprint density at radius 3 is 1.25 bits per heavy atom. The van der Waals surface area contributed by atoms with E-state index in [0.29, 0.717) is 0 Å². The molecule has 0 N–H and O–H groups in total. The monoisotopic (exact) mass is 869 g/mol. The second-order valence-corrected chi connectivity index (χ2v) is 27.5. The molecule has 0 aromatic heterocycles. The minimum Gasteiger partial charge on any atom is -0.266 e. The molecule has 0 aliphatic heterocycles. The zero-order chi connectivity index (χ0) is 42.9.